The van der Waals surface area contributed by atoms with Crippen LogP contribution in [-0.2, 0) is 0 Å². The predicted octanol–water partition coefficient (Wildman–Crippen LogP) is 4.71. The topological polar surface area (TPSA) is 3.24 Å². The Kier molecular flexibility index (Phi) is 7.34. The predicted molar refractivity (Wildman–Crippen MR) is 81.1 cm³/mol. The zero-order valence-corrected chi connectivity index (χ0v) is 12.6. The molecule has 0 heterocycles. The number of hydrogen-bond acceptors (Lipinski definition) is 1. The lowest BCUT2D eigenvalue weighted by Crippen LogP contribution is -2.31. The largest absolute Gasteiger partial charge is 0.371 e. The Morgan fingerprint density at radius 3 is 2.41 bits per heavy atom. The van der Waals surface area contributed by atoms with Gasteiger partial charge in [-0.2, -0.15) is 0 Å². The van der Waals surface area contributed by atoms with E-state index in [2.05, 4.69) is 65.0 Å². The van der Waals surface area contributed by atoms with Crippen LogP contribution in [0.15, 0.2) is 30.3 Å². The fourth-order valence-electron chi connectivity index (χ4n) is 1.91. The summed E-state index contributed by atoms with van der Waals surface area (Å²) in [6.45, 7) is 6.86. The number of alkyl halides is 1. The first-order valence-corrected chi connectivity index (χ1v) is 7.79. The molecule has 96 valence electrons. The van der Waals surface area contributed by atoms with Crippen LogP contribution in [0.3, 0.4) is 0 Å². The minimum absolute atomic E-state index is 0.743. The third-order valence-corrected chi connectivity index (χ3v) is 4.09. The minimum Gasteiger partial charge on any atom is -0.371 e. The highest BCUT2D eigenvalue weighted by Crippen LogP contribution is 2.18. The van der Waals surface area contributed by atoms with Gasteiger partial charge in [-0.1, -0.05) is 60.8 Å². The second-order valence-corrected chi connectivity index (χ2v) is 5.21. The molecule has 1 aromatic rings. The summed E-state index contributed by atoms with van der Waals surface area (Å²) in [5.41, 5.74) is 1.36. The lowest BCUT2D eigenvalue weighted by atomic mass is 10.1. The average molecular weight is 298 g/mol. The molecular formula is C15H24BrN. The fourth-order valence-corrected chi connectivity index (χ4v) is 2.57. The molecule has 1 rings (SSSR count). The summed E-state index contributed by atoms with van der Waals surface area (Å²) in [6, 6.07) is 10.8. The molecule has 0 bridgehead atoms. The molecule has 0 aliphatic carbocycles. The molecule has 0 saturated carbocycles. The monoisotopic (exact) mass is 297 g/mol. The van der Waals surface area contributed by atoms with Gasteiger partial charge < -0.3 is 4.90 Å². The first-order valence-electron chi connectivity index (χ1n) is 6.67. The fraction of sp³-hybridized carbons (Fsp3) is 0.600. The Balaban J connectivity index is 2.66. The summed E-state index contributed by atoms with van der Waals surface area (Å²) >= 11 is 3.62. The van der Waals surface area contributed by atoms with Gasteiger partial charge in [0.2, 0.25) is 0 Å². The Labute approximate surface area is 114 Å². The maximum atomic E-state index is 3.62. The van der Waals surface area contributed by atoms with Crippen molar-refractivity contribution in [1.29, 1.82) is 0 Å². The highest BCUT2D eigenvalue weighted by molar-refractivity contribution is 9.09. The van der Waals surface area contributed by atoms with E-state index in [-0.39, 0.29) is 0 Å². The van der Waals surface area contributed by atoms with Crippen molar-refractivity contribution in [2.75, 3.05) is 23.3 Å². The first kappa shape index (κ1) is 14.6. The Bertz CT molecular complexity index is 282. The van der Waals surface area contributed by atoms with Gasteiger partial charge in [-0.05, 0) is 24.5 Å². The minimum atomic E-state index is 0.743. The molecule has 0 amide bonds. The summed E-state index contributed by atoms with van der Waals surface area (Å²) in [6.07, 6.45) is 3.77. The number of halogens is 1. The van der Waals surface area contributed by atoms with Crippen LogP contribution in [0.25, 0.3) is 0 Å². The van der Waals surface area contributed by atoms with Crippen molar-refractivity contribution in [2.45, 2.75) is 33.1 Å². The normalized spacial score (nSPS) is 12.4. The second-order valence-electron chi connectivity index (χ2n) is 4.56. The summed E-state index contributed by atoms with van der Waals surface area (Å²) in [4.78, 5) is 2.53. The smallest absolute Gasteiger partial charge is 0.0366 e. The van der Waals surface area contributed by atoms with Gasteiger partial charge in [0.1, 0.15) is 0 Å². The third kappa shape index (κ3) is 5.12. The van der Waals surface area contributed by atoms with Crippen LogP contribution in [0, 0.1) is 5.92 Å². The standard InChI is InChI=1S/C15H24BrN/c1-3-5-11-17(13-14(4-2)12-16)15-9-7-6-8-10-15/h6-10,14H,3-5,11-13H2,1-2H3. The van der Waals surface area contributed by atoms with Gasteiger partial charge in [-0.15, -0.1) is 0 Å². The summed E-state index contributed by atoms with van der Waals surface area (Å²) < 4.78 is 0. The molecule has 1 unspecified atom stereocenters. The summed E-state index contributed by atoms with van der Waals surface area (Å²) in [5, 5.41) is 1.10. The average Bonchev–Trinajstić information content (AvgIpc) is 2.40. The Morgan fingerprint density at radius 2 is 1.88 bits per heavy atom. The zero-order chi connectivity index (χ0) is 12.5. The maximum Gasteiger partial charge on any atom is 0.0366 e. The third-order valence-electron chi connectivity index (χ3n) is 3.18. The molecule has 1 nitrogen and oxygen atoms in total. The molecule has 0 N–H and O–H groups in total. The van der Waals surface area contributed by atoms with Crippen LogP contribution < -0.4 is 4.90 Å². The van der Waals surface area contributed by atoms with Crippen molar-refractivity contribution >= 4 is 21.6 Å². The molecule has 0 radical (unpaired) electrons. The van der Waals surface area contributed by atoms with Gasteiger partial charge in [0.15, 0.2) is 0 Å². The van der Waals surface area contributed by atoms with Crippen molar-refractivity contribution in [3.8, 4) is 0 Å². The van der Waals surface area contributed by atoms with Gasteiger partial charge in [0.25, 0.3) is 0 Å². The van der Waals surface area contributed by atoms with Gasteiger partial charge in [-0.3, -0.25) is 0 Å². The van der Waals surface area contributed by atoms with E-state index in [0.717, 1.165) is 17.8 Å². The summed E-state index contributed by atoms with van der Waals surface area (Å²) in [5.74, 6) is 0.743. The number of nitrogens with zero attached hydrogens (tertiary/aromatic N) is 1. The maximum absolute atomic E-state index is 3.62. The molecular weight excluding hydrogens is 274 g/mol. The molecule has 17 heavy (non-hydrogen) atoms. The Hall–Kier alpha value is -0.500. The SMILES string of the molecule is CCCCN(CC(CC)CBr)c1ccccc1. The van der Waals surface area contributed by atoms with Crippen molar-refractivity contribution in [3.05, 3.63) is 30.3 Å². The van der Waals surface area contributed by atoms with Gasteiger partial charge in [-0.25, -0.2) is 0 Å². The number of anilines is 1. The van der Waals surface area contributed by atoms with Crippen molar-refractivity contribution in [1.82, 2.24) is 0 Å². The quantitative estimate of drug-likeness (QED) is 0.628. The lowest BCUT2D eigenvalue weighted by molar-refractivity contribution is 0.547. The Morgan fingerprint density at radius 1 is 1.18 bits per heavy atom. The molecule has 2 heteroatoms. The van der Waals surface area contributed by atoms with Crippen molar-refractivity contribution < 1.29 is 0 Å². The molecule has 1 atom stereocenters. The first-order chi connectivity index (χ1) is 8.31. The molecule has 1 aromatic carbocycles. The number of hydrogen-bond donors (Lipinski definition) is 0. The molecule has 0 saturated heterocycles. The highest BCUT2D eigenvalue weighted by Gasteiger charge is 2.11. The number of rotatable bonds is 8. The van der Waals surface area contributed by atoms with Gasteiger partial charge >= 0.3 is 0 Å². The number of para-hydroxylation sites is 1. The van der Waals surface area contributed by atoms with Crippen LogP contribution in [0.5, 0.6) is 0 Å². The molecule has 0 aliphatic rings. The second kappa shape index (κ2) is 8.57. The van der Waals surface area contributed by atoms with Crippen LogP contribution in [0.1, 0.15) is 33.1 Å². The van der Waals surface area contributed by atoms with Gasteiger partial charge in [0.05, 0.1) is 0 Å². The van der Waals surface area contributed by atoms with E-state index in [1.54, 1.807) is 0 Å². The molecule has 0 aromatic heterocycles. The van der Waals surface area contributed by atoms with Crippen LogP contribution in [-0.4, -0.2) is 18.4 Å². The van der Waals surface area contributed by atoms with Crippen LogP contribution in [0.2, 0.25) is 0 Å². The van der Waals surface area contributed by atoms with E-state index in [4.69, 9.17) is 0 Å². The van der Waals surface area contributed by atoms with E-state index in [1.165, 1.54) is 31.5 Å². The summed E-state index contributed by atoms with van der Waals surface area (Å²) in [7, 11) is 0. The number of benzene rings is 1. The van der Waals surface area contributed by atoms with Crippen LogP contribution >= 0.6 is 15.9 Å². The number of unbranched alkanes of at least 4 members (excludes halogenated alkanes) is 1. The van der Waals surface area contributed by atoms with Crippen molar-refractivity contribution in [2.24, 2.45) is 5.92 Å². The van der Waals surface area contributed by atoms with E-state index in [9.17, 15) is 0 Å². The van der Waals surface area contributed by atoms with Crippen molar-refractivity contribution in [3.63, 3.8) is 0 Å². The van der Waals surface area contributed by atoms with Gasteiger partial charge in [0, 0.05) is 24.1 Å². The lowest BCUT2D eigenvalue weighted by Gasteiger charge is -2.28. The highest BCUT2D eigenvalue weighted by atomic mass is 79.9. The van der Waals surface area contributed by atoms with E-state index in [0.29, 0.717) is 0 Å². The molecule has 0 fully saturated rings. The molecule has 0 aliphatic heterocycles. The molecule has 0 spiro atoms. The van der Waals surface area contributed by atoms with E-state index < -0.39 is 0 Å². The van der Waals surface area contributed by atoms with E-state index >= 15 is 0 Å². The zero-order valence-electron chi connectivity index (χ0n) is 11.0. The van der Waals surface area contributed by atoms with E-state index in [1.807, 2.05) is 0 Å². The van der Waals surface area contributed by atoms with Crippen LogP contribution in [0.4, 0.5) is 5.69 Å².